The van der Waals surface area contributed by atoms with E-state index in [1.54, 1.807) is 12.3 Å². The molecule has 0 atom stereocenters. The van der Waals surface area contributed by atoms with Crippen molar-refractivity contribution in [3.05, 3.63) is 23.6 Å². The van der Waals surface area contributed by atoms with E-state index in [1.165, 1.54) is 0 Å². The second-order valence-corrected chi connectivity index (χ2v) is 4.32. The standard InChI is InChI=1S/C13H22FN3/c1-5-17(6-2)13-12(14)11(7-8-15-13)9-16-10(3)4/h7-8,10,16H,5-6,9H2,1-4H3. The molecule has 0 amide bonds. The van der Waals surface area contributed by atoms with E-state index in [1.807, 2.05) is 32.6 Å². The van der Waals surface area contributed by atoms with Crippen molar-refractivity contribution in [3.63, 3.8) is 0 Å². The van der Waals surface area contributed by atoms with Crippen LogP contribution >= 0.6 is 0 Å². The monoisotopic (exact) mass is 239 g/mol. The molecule has 0 unspecified atom stereocenters. The zero-order valence-electron chi connectivity index (χ0n) is 11.1. The molecule has 1 aromatic rings. The summed E-state index contributed by atoms with van der Waals surface area (Å²) in [5.41, 5.74) is 0.676. The summed E-state index contributed by atoms with van der Waals surface area (Å²) in [6.45, 7) is 10.2. The fourth-order valence-electron chi connectivity index (χ4n) is 1.67. The Morgan fingerprint density at radius 3 is 2.53 bits per heavy atom. The number of hydrogen-bond acceptors (Lipinski definition) is 3. The molecule has 0 fully saturated rings. The van der Waals surface area contributed by atoms with Crippen molar-refractivity contribution in [2.45, 2.75) is 40.3 Å². The Bertz CT molecular complexity index is 349. The topological polar surface area (TPSA) is 28.2 Å². The largest absolute Gasteiger partial charge is 0.355 e. The Morgan fingerprint density at radius 2 is 2.00 bits per heavy atom. The highest BCUT2D eigenvalue weighted by molar-refractivity contribution is 5.42. The van der Waals surface area contributed by atoms with Crippen LogP contribution in [0.1, 0.15) is 33.3 Å². The summed E-state index contributed by atoms with van der Waals surface area (Å²) in [4.78, 5) is 6.06. The van der Waals surface area contributed by atoms with Crippen LogP contribution in [0.3, 0.4) is 0 Å². The number of halogens is 1. The Hall–Kier alpha value is -1.16. The minimum Gasteiger partial charge on any atom is -0.355 e. The molecule has 4 heteroatoms. The SMILES string of the molecule is CCN(CC)c1nccc(CNC(C)C)c1F. The van der Waals surface area contributed by atoms with Gasteiger partial charge in [-0.3, -0.25) is 0 Å². The van der Waals surface area contributed by atoms with Gasteiger partial charge in [0, 0.05) is 37.4 Å². The first-order valence-corrected chi connectivity index (χ1v) is 6.21. The molecule has 0 aliphatic heterocycles. The lowest BCUT2D eigenvalue weighted by Gasteiger charge is -2.21. The van der Waals surface area contributed by atoms with Gasteiger partial charge < -0.3 is 10.2 Å². The highest BCUT2D eigenvalue weighted by Gasteiger charge is 2.13. The molecule has 0 aliphatic rings. The van der Waals surface area contributed by atoms with Gasteiger partial charge in [0.1, 0.15) is 0 Å². The van der Waals surface area contributed by atoms with Crippen LogP contribution in [0.4, 0.5) is 10.2 Å². The van der Waals surface area contributed by atoms with Crippen molar-refractivity contribution in [1.29, 1.82) is 0 Å². The molecule has 0 spiro atoms. The van der Waals surface area contributed by atoms with Crippen molar-refractivity contribution in [2.24, 2.45) is 0 Å². The first kappa shape index (κ1) is 13.9. The van der Waals surface area contributed by atoms with Crippen LogP contribution in [0.15, 0.2) is 12.3 Å². The number of anilines is 1. The first-order chi connectivity index (χ1) is 8.10. The van der Waals surface area contributed by atoms with Gasteiger partial charge in [0.05, 0.1) is 0 Å². The maximum atomic E-state index is 14.2. The first-order valence-electron chi connectivity index (χ1n) is 6.21. The third-order valence-corrected chi connectivity index (χ3v) is 2.71. The number of nitrogens with one attached hydrogen (secondary N) is 1. The number of pyridine rings is 1. The molecular weight excluding hydrogens is 217 g/mol. The van der Waals surface area contributed by atoms with Crippen LogP contribution in [0, 0.1) is 5.82 Å². The molecule has 0 radical (unpaired) electrons. The molecule has 3 nitrogen and oxygen atoms in total. The number of rotatable bonds is 6. The highest BCUT2D eigenvalue weighted by Crippen LogP contribution is 2.19. The van der Waals surface area contributed by atoms with Crippen molar-refractivity contribution in [3.8, 4) is 0 Å². The fraction of sp³-hybridized carbons (Fsp3) is 0.615. The normalized spacial score (nSPS) is 10.9. The lowest BCUT2D eigenvalue weighted by molar-refractivity contribution is 0.547. The van der Waals surface area contributed by atoms with E-state index in [9.17, 15) is 4.39 Å². The van der Waals surface area contributed by atoms with Gasteiger partial charge in [0.15, 0.2) is 11.6 Å². The Morgan fingerprint density at radius 1 is 1.35 bits per heavy atom. The van der Waals surface area contributed by atoms with Gasteiger partial charge in [0.2, 0.25) is 0 Å². The zero-order chi connectivity index (χ0) is 12.8. The average Bonchev–Trinajstić information content (AvgIpc) is 2.31. The number of aromatic nitrogens is 1. The minimum absolute atomic E-state index is 0.204. The van der Waals surface area contributed by atoms with Crippen LogP contribution < -0.4 is 10.2 Å². The van der Waals surface area contributed by atoms with Crippen LogP contribution in [0.25, 0.3) is 0 Å². The molecule has 1 N–H and O–H groups in total. The van der Waals surface area contributed by atoms with Crippen LogP contribution in [0.2, 0.25) is 0 Å². The van der Waals surface area contributed by atoms with Gasteiger partial charge in [0.25, 0.3) is 0 Å². The molecule has 0 saturated carbocycles. The van der Waals surface area contributed by atoms with Crippen molar-refractivity contribution in [1.82, 2.24) is 10.3 Å². The van der Waals surface area contributed by atoms with Crippen molar-refractivity contribution >= 4 is 5.82 Å². The average molecular weight is 239 g/mol. The van der Waals surface area contributed by atoms with Crippen LogP contribution in [-0.4, -0.2) is 24.1 Å². The molecule has 96 valence electrons. The quantitative estimate of drug-likeness (QED) is 0.827. The van der Waals surface area contributed by atoms with E-state index in [2.05, 4.69) is 10.3 Å². The van der Waals surface area contributed by atoms with Crippen molar-refractivity contribution in [2.75, 3.05) is 18.0 Å². The van der Waals surface area contributed by atoms with Gasteiger partial charge in [-0.05, 0) is 19.9 Å². The van der Waals surface area contributed by atoms with Gasteiger partial charge in [-0.15, -0.1) is 0 Å². The summed E-state index contributed by atoms with van der Waals surface area (Å²) in [5.74, 6) is 0.252. The van der Waals surface area contributed by atoms with E-state index in [0.717, 1.165) is 13.1 Å². The van der Waals surface area contributed by atoms with E-state index in [0.29, 0.717) is 24.0 Å². The highest BCUT2D eigenvalue weighted by atomic mass is 19.1. The molecule has 0 aromatic carbocycles. The van der Waals surface area contributed by atoms with E-state index < -0.39 is 0 Å². The second-order valence-electron chi connectivity index (χ2n) is 4.32. The Balaban J connectivity index is 2.90. The van der Waals surface area contributed by atoms with Crippen LogP contribution in [0.5, 0.6) is 0 Å². The second kappa shape index (κ2) is 6.55. The third kappa shape index (κ3) is 3.66. The minimum atomic E-state index is -0.204. The Kier molecular flexibility index (Phi) is 5.35. The van der Waals surface area contributed by atoms with Gasteiger partial charge >= 0.3 is 0 Å². The number of nitrogens with zero attached hydrogens (tertiary/aromatic N) is 2. The van der Waals surface area contributed by atoms with E-state index in [-0.39, 0.29) is 5.82 Å². The number of hydrogen-bond donors (Lipinski definition) is 1. The molecule has 1 heterocycles. The molecule has 1 aromatic heterocycles. The predicted octanol–water partition coefficient (Wildman–Crippen LogP) is 2.56. The third-order valence-electron chi connectivity index (χ3n) is 2.71. The van der Waals surface area contributed by atoms with Gasteiger partial charge in [-0.25, -0.2) is 9.37 Å². The fourth-order valence-corrected chi connectivity index (χ4v) is 1.67. The van der Waals surface area contributed by atoms with Crippen molar-refractivity contribution < 1.29 is 4.39 Å². The van der Waals surface area contributed by atoms with E-state index in [4.69, 9.17) is 0 Å². The summed E-state index contributed by atoms with van der Waals surface area (Å²) >= 11 is 0. The summed E-state index contributed by atoms with van der Waals surface area (Å²) in [7, 11) is 0. The van der Waals surface area contributed by atoms with Gasteiger partial charge in [-0.1, -0.05) is 13.8 Å². The molecule has 1 rings (SSSR count). The molecule has 0 saturated heterocycles. The molecule has 0 bridgehead atoms. The van der Waals surface area contributed by atoms with Crippen LogP contribution in [-0.2, 0) is 6.54 Å². The lowest BCUT2D eigenvalue weighted by Crippen LogP contribution is -2.26. The predicted molar refractivity (Wildman–Crippen MR) is 69.7 cm³/mol. The zero-order valence-corrected chi connectivity index (χ0v) is 11.1. The summed E-state index contributed by atoms with van der Waals surface area (Å²) in [6.07, 6.45) is 1.67. The molecular formula is C13H22FN3. The van der Waals surface area contributed by atoms with Gasteiger partial charge in [-0.2, -0.15) is 0 Å². The smallest absolute Gasteiger partial charge is 0.170 e. The maximum Gasteiger partial charge on any atom is 0.170 e. The summed E-state index contributed by atoms with van der Waals surface area (Å²) in [6, 6.07) is 2.08. The summed E-state index contributed by atoms with van der Waals surface area (Å²) < 4.78 is 14.2. The molecule has 17 heavy (non-hydrogen) atoms. The van der Waals surface area contributed by atoms with E-state index >= 15 is 0 Å². The summed E-state index contributed by atoms with van der Waals surface area (Å²) in [5, 5.41) is 3.22. The Labute approximate surface area is 103 Å². The maximum absolute atomic E-state index is 14.2. The molecule has 0 aliphatic carbocycles. The lowest BCUT2D eigenvalue weighted by atomic mass is 10.2.